The number of rotatable bonds is 1. The van der Waals surface area contributed by atoms with Crippen LogP contribution in [0.25, 0.3) is 10.9 Å². The van der Waals surface area contributed by atoms with Crippen LogP contribution in [0.15, 0.2) is 23.0 Å². The van der Waals surface area contributed by atoms with E-state index in [-0.39, 0.29) is 22.9 Å². The molecule has 2 aliphatic rings. The Balaban J connectivity index is 1.69. The maximum atomic E-state index is 13.0. The van der Waals surface area contributed by atoms with Gasteiger partial charge in [0.05, 0.1) is 10.9 Å². The van der Waals surface area contributed by atoms with E-state index >= 15 is 0 Å². The number of fused-ring (bicyclic) bond motifs is 2. The predicted molar refractivity (Wildman–Crippen MR) is 106 cm³/mol. The monoisotopic (exact) mass is 368 g/mol. The van der Waals surface area contributed by atoms with Gasteiger partial charge in [0.15, 0.2) is 0 Å². The van der Waals surface area contributed by atoms with Crippen LogP contribution in [-0.2, 0) is 13.0 Å². The van der Waals surface area contributed by atoms with Crippen molar-refractivity contribution in [3.05, 3.63) is 39.9 Å². The van der Waals surface area contributed by atoms with Gasteiger partial charge in [-0.25, -0.2) is 4.98 Å². The van der Waals surface area contributed by atoms with Crippen molar-refractivity contribution in [2.24, 2.45) is 11.1 Å². The zero-order valence-electron chi connectivity index (χ0n) is 16.2. The van der Waals surface area contributed by atoms with Crippen molar-refractivity contribution in [1.29, 1.82) is 0 Å². The number of likely N-dealkylation sites (tertiary alicyclic amines) is 1. The zero-order valence-corrected chi connectivity index (χ0v) is 16.2. The number of hydrogen-bond acceptors (Lipinski definition) is 4. The molecule has 1 atom stereocenters. The van der Waals surface area contributed by atoms with Crippen molar-refractivity contribution < 1.29 is 4.79 Å². The molecule has 1 aromatic heterocycles. The number of carbonyl (C=O) groups excluding carboxylic acids is 1. The molecule has 0 saturated carbocycles. The van der Waals surface area contributed by atoms with Gasteiger partial charge in [0.1, 0.15) is 5.82 Å². The van der Waals surface area contributed by atoms with Crippen molar-refractivity contribution in [3.63, 3.8) is 0 Å². The maximum absolute atomic E-state index is 13.0. The van der Waals surface area contributed by atoms with Crippen molar-refractivity contribution in [2.75, 3.05) is 13.1 Å². The molecular weight excluding hydrogens is 340 g/mol. The Labute approximate surface area is 159 Å². The molecule has 6 nitrogen and oxygen atoms in total. The van der Waals surface area contributed by atoms with Gasteiger partial charge in [-0.05, 0) is 42.9 Å². The Kier molecular flexibility index (Phi) is 4.54. The Morgan fingerprint density at radius 2 is 2.04 bits per heavy atom. The first-order chi connectivity index (χ1) is 12.9. The highest BCUT2D eigenvalue weighted by Gasteiger charge is 2.35. The lowest BCUT2D eigenvalue weighted by Crippen LogP contribution is -2.54. The summed E-state index contributed by atoms with van der Waals surface area (Å²) < 4.78 is 1.81. The topological polar surface area (TPSA) is 81.2 Å². The second-order valence-electron chi connectivity index (χ2n) is 8.64. The fraction of sp³-hybridized carbons (Fsp3) is 0.571. The summed E-state index contributed by atoms with van der Waals surface area (Å²) in [5, 5.41) is 0.596. The molecule has 2 aliphatic heterocycles. The SMILES string of the molecule is CC1(C)CN(C(=O)c2ccc3c(=O)n4c(nc3c2)CCCCC4)CCC1N. The second-order valence-corrected chi connectivity index (χ2v) is 8.64. The standard InChI is InChI=1S/C21H28N4O2/c1-21(2)13-24(11-9-17(21)22)19(26)14-7-8-15-16(12-14)23-18-6-4-3-5-10-25(18)20(15)27/h7-8,12,17H,3-6,9-11,13,22H2,1-2H3. The van der Waals surface area contributed by atoms with Crippen LogP contribution in [0, 0.1) is 5.41 Å². The number of nitrogens with two attached hydrogens (primary N) is 1. The molecule has 6 heteroatoms. The number of piperidine rings is 1. The van der Waals surface area contributed by atoms with E-state index in [9.17, 15) is 9.59 Å². The molecule has 2 aromatic rings. The number of amides is 1. The number of aromatic nitrogens is 2. The Morgan fingerprint density at radius 3 is 2.81 bits per heavy atom. The van der Waals surface area contributed by atoms with E-state index in [2.05, 4.69) is 13.8 Å². The third-order valence-electron chi connectivity index (χ3n) is 6.16. The van der Waals surface area contributed by atoms with Gasteiger partial charge in [-0.3, -0.25) is 14.2 Å². The molecule has 1 fully saturated rings. The molecule has 3 heterocycles. The highest BCUT2D eigenvalue weighted by Crippen LogP contribution is 2.29. The van der Waals surface area contributed by atoms with Gasteiger partial charge in [0, 0.05) is 37.7 Å². The highest BCUT2D eigenvalue weighted by atomic mass is 16.2. The first-order valence-electron chi connectivity index (χ1n) is 9.95. The number of hydrogen-bond donors (Lipinski definition) is 1. The molecule has 2 N–H and O–H groups in total. The van der Waals surface area contributed by atoms with Gasteiger partial charge < -0.3 is 10.6 Å². The van der Waals surface area contributed by atoms with Gasteiger partial charge in [0.2, 0.25) is 0 Å². The van der Waals surface area contributed by atoms with E-state index in [0.717, 1.165) is 44.5 Å². The molecular formula is C21H28N4O2. The summed E-state index contributed by atoms with van der Waals surface area (Å²) in [5.41, 5.74) is 7.34. The smallest absolute Gasteiger partial charge is 0.261 e. The summed E-state index contributed by atoms with van der Waals surface area (Å²) in [6.45, 7) is 6.26. The van der Waals surface area contributed by atoms with Crippen LogP contribution in [-0.4, -0.2) is 39.5 Å². The molecule has 1 amide bonds. The molecule has 144 valence electrons. The Hall–Kier alpha value is -2.21. The Bertz CT molecular complexity index is 947. The lowest BCUT2D eigenvalue weighted by atomic mass is 9.79. The molecule has 0 spiro atoms. The first-order valence-corrected chi connectivity index (χ1v) is 9.95. The van der Waals surface area contributed by atoms with Gasteiger partial charge >= 0.3 is 0 Å². The molecule has 1 unspecified atom stereocenters. The quantitative estimate of drug-likeness (QED) is 0.838. The predicted octanol–water partition coefficient (Wildman–Crippen LogP) is 2.32. The van der Waals surface area contributed by atoms with Crippen LogP contribution in [0.5, 0.6) is 0 Å². The van der Waals surface area contributed by atoms with E-state index in [1.807, 2.05) is 9.47 Å². The second kappa shape index (κ2) is 6.75. The van der Waals surface area contributed by atoms with Gasteiger partial charge in [-0.2, -0.15) is 0 Å². The van der Waals surface area contributed by atoms with Gasteiger partial charge in [-0.15, -0.1) is 0 Å². The van der Waals surface area contributed by atoms with E-state index < -0.39 is 0 Å². The highest BCUT2D eigenvalue weighted by molar-refractivity contribution is 5.97. The van der Waals surface area contributed by atoms with Crippen LogP contribution in [0.2, 0.25) is 0 Å². The summed E-state index contributed by atoms with van der Waals surface area (Å²) in [5.74, 6) is 0.841. The number of nitrogens with zero attached hydrogens (tertiary/aromatic N) is 3. The lowest BCUT2D eigenvalue weighted by Gasteiger charge is -2.42. The fourth-order valence-electron chi connectivity index (χ4n) is 4.28. The minimum atomic E-state index is -0.0981. The molecule has 0 aliphatic carbocycles. The minimum absolute atomic E-state index is 0.00581. The third kappa shape index (κ3) is 3.27. The summed E-state index contributed by atoms with van der Waals surface area (Å²) in [7, 11) is 0. The van der Waals surface area contributed by atoms with Crippen LogP contribution < -0.4 is 11.3 Å². The summed E-state index contributed by atoms with van der Waals surface area (Å²) in [6, 6.07) is 5.41. The van der Waals surface area contributed by atoms with Crippen LogP contribution >= 0.6 is 0 Å². The molecule has 4 rings (SSSR count). The van der Waals surface area contributed by atoms with E-state index in [0.29, 0.717) is 29.6 Å². The van der Waals surface area contributed by atoms with Crippen molar-refractivity contribution in [2.45, 2.75) is 58.5 Å². The molecule has 0 bridgehead atoms. The maximum Gasteiger partial charge on any atom is 0.261 e. The summed E-state index contributed by atoms with van der Waals surface area (Å²) in [6.07, 6.45) is 4.82. The summed E-state index contributed by atoms with van der Waals surface area (Å²) in [4.78, 5) is 32.5. The van der Waals surface area contributed by atoms with Crippen molar-refractivity contribution in [3.8, 4) is 0 Å². The zero-order chi connectivity index (χ0) is 19.2. The summed E-state index contributed by atoms with van der Waals surface area (Å²) >= 11 is 0. The van der Waals surface area contributed by atoms with Crippen molar-refractivity contribution in [1.82, 2.24) is 14.5 Å². The number of benzene rings is 1. The average Bonchev–Trinajstić information content (AvgIpc) is 2.88. The largest absolute Gasteiger partial charge is 0.338 e. The van der Waals surface area contributed by atoms with Crippen LogP contribution in [0.4, 0.5) is 0 Å². The van der Waals surface area contributed by atoms with Gasteiger partial charge in [-0.1, -0.05) is 20.3 Å². The average molecular weight is 368 g/mol. The van der Waals surface area contributed by atoms with E-state index in [4.69, 9.17) is 10.7 Å². The Morgan fingerprint density at radius 1 is 1.22 bits per heavy atom. The minimum Gasteiger partial charge on any atom is -0.338 e. The van der Waals surface area contributed by atoms with Crippen LogP contribution in [0.1, 0.15) is 55.7 Å². The van der Waals surface area contributed by atoms with Crippen LogP contribution in [0.3, 0.4) is 0 Å². The third-order valence-corrected chi connectivity index (χ3v) is 6.16. The van der Waals surface area contributed by atoms with Gasteiger partial charge in [0.25, 0.3) is 11.5 Å². The van der Waals surface area contributed by atoms with E-state index in [1.165, 1.54) is 0 Å². The normalized spacial score (nSPS) is 22.3. The molecule has 0 radical (unpaired) electrons. The molecule has 1 aromatic carbocycles. The van der Waals surface area contributed by atoms with E-state index in [1.54, 1.807) is 18.2 Å². The fourth-order valence-corrected chi connectivity index (χ4v) is 4.28. The lowest BCUT2D eigenvalue weighted by molar-refractivity contribution is 0.0533. The molecule has 27 heavy (non-hydrogen) atoms. The number of aryl methyl sites for hydroxylation is 1. The number of carbonyl (C=O) groups is 1. The first kappa shape index (κ1) is 18.2. The van der Waals surface area contributed by atoms with Crippen molar-refractivity contribution >= 4 is 16.8 Å². The molecule has 1 saturated heterocycles.